The molecule has 0 fully saturated rings. The third-order valence-corrected chi connectivity index (χ3v) is 5.58. The van der Waals surface area contributed by atoms with Crippen LogP contribution < -0.4 is 10.9 Å². The zero-order valence-corrected chi connectivity index (χ0v) is 14.4. The zero-order valence-electron chi connectivity index (χ0n) is 13.6. The number of rotatable bonds is 4. The molecule has 0 bridgehead atoms. The molecule has 2 aromatic heterocycles. The van der Waals surface area contributed by atoms with Crippen molar-refractivity contribution < 1.29 is 9.72 Å². The fraction of sp³-hybridized carbons (Fsp3) is 0.235. The van der Waals surface area contributed by atoms with Crippen LogP contribution in [0, 0.1) is 10.1 Å². The number of fused-ring (bicyclic) bond motifs is 3. The average Bonchev–Trinajstić information content (AvgIpc) is 3.18. The molecule has 0 saturated heterocycles. The minimum Gasteiger partial charge on any atom is -0.319 e. The fourth-order valence-corrected chi connectivity index (χ4v) is 4.43. The Hall–Kier alpha value is -3.07. The number of hydrogen-bond acceptors (Lipinski definition) is 6. The van der Waals surface area contributed by atoms with Crippen LogP contribution >= 0.6 is 11.3 Å². The SMILES string of the molecule is O=C(Cn1cnc2sc3c(c2c1=O)CCC3)Nc1ccccc1[N+](=O)[O-]. The summed E-state index contributed by atoms with van der Waals surface area (Å²) in [7, 11) is 0. The summed E-state index contributed by atoms with van der Waals surface area (Å²) >= 11 is 1.54. The first-order chi connectivity index (χ1) is 12.5. The molecule has 0 saturated carbocycles. The Balaban J connectivity index is 1.62. The lowest BCUT2D eigenvalue weighted by atomic mass is 10.2. The van der Waals surface area contributed by atoms with Gasteiger partial charge < -0.3 is 5.32 Å². The predicted octanol–water partition coefficient (Wildman–Crippen LogP) is 2.49. The van der Waals surface area contributed by atoms with Crippen LogP contribution in [-0.2, 0) is 24.2 Å². The summed E-state index contributed by atoms with van der Waals surface area (Å²) in [5, 5.41) is 14.1. The van der Waals surface area contributed by atoms with Crippen molar-refractivity contribution in [3.05, 3.63) is 61.5 Å². The van der Waals surface area contributed by atoms with Gasteiger partial charge in [-0.2, -0.15) is 0 Å². The van der Waals surface area contributed by atoms with E-state index in [1.165, 1.54) is 45.3 Å². The molecular formula is C17H14N4O4S. The molecule has 0 aliphatic heterocycles. The molecule has 1 aliphatic rings. The van der Waals surface area contributed by atoms with Crippen molar-refractivity contribution in [1.82, 2.24) is 9.55 Å². The van der Waals surface area contributed by atoms with Crippen LogP contribution in [0.15, 0.2) is 35.4 Å². The third kappa shape index (κ3) is 2.76. The molecule has 132 valence electrons. The molecule has 1 amide bonds. The van der Waals surface area contributed by atoms with Crippen LogP contribution in [0.3, 0.4) is 0 Å². The Morgan fingerprint density at radius 3 is 2.96 bits per heavy atom. The quantitative estimate of drug-likeness (QED) is 0.561. The Labute approximate surface area is 151 Å². The maximum Gasteiger partial charge on any atom is 0.292 e. The van der Waals surface area contributed by atoms with Crippen molar-refractivity contribution in [2.45, 2.75) is 25.8 Å². The predicted molar refractivity (Wildman–Crippen MR) is 97.6 cm³/mol. The molecule has 1 aliphatic carbocycles. The Bertz CT molecular complexity index is 1100. The summed E-state index contributed by atoms with van der Waals surface area (Å²) in [6, 6.07) is 5.88. The number of nitrogens with one attached hydrogen (secondary N) is 1. The molecular weight excluding hydrogens is 356 g/mol. The summed E-state index contributed by atoms with van der Waals surface area (Å²) in [6.07, 6.45) is 4.21. The first-order valence-corrected chi connectivity index (χ1v) is 8.89. The summed E-state index contributed by atoms with van der Waals surface area (Å²) in [5.74, 6) is -0.519. The number of amides is 1. The minimum absolute atomic E-state index is 0.0982. The van der Waals surface area contributed by atoms with Gasteiger partial charge in [-0.05, 0) is 30.9 Å². The summed E-state index contributed by atoms with van der Waals surface area (Å²) < 4.78 is 1.25. The number of nitro benzene ring substituents is 1. The van der Waals surface area contributed by atoms with Gasteiger partial charge in [0.15, 0.2) is 0 Å². The Kier molecular flexibility index (Phi) is 4.00. The third-order valence-electron chi connectivity index (χ3n) is 4.38. The number of benzene rings is 1. The van der Waals surface area contributed by atoms with E-state index in [-0.39, 0.29) is 23.5 Å². The van der Waals surface area contributed by atoms with Gasteiger partial charge in [-0.1, -0.05) is 12.1 Å². The number of hydrogen-bond donors (Lipinski definition) is 1. The first-order valence-electron chi connectivity index (χ1n) is 8.07. The monoisotopic (exact) mass is 370 g/mol. The van der Waals surface area contributed by atoms with Gasteiger partial charge in [0.05, 0.1) is 16.6 Å². The van der Waals surface area contributed by atoms with Crippen LogP contribution in [0.25, 0.3) is 10.2 Å². The molecule has 9 heteroatoms. The molecule has 1 N–H and O–H groups in total. The molecule has 4 rings (SSSR count). The fourth-order valence-electron chi connectivity index (χ4n) is 3.22. The van der Waals surface area contributed by atoms with Crippen LogP contribution in [-0.4, -0.2) is 20.4 Å². The van der Waals surface area contributed by atoms with Gasteiger partial charge in [-0.25, -0.2) is 4.98 Å². The summed E-state index contributed by atoms with van der Waals surface area (Å²) in [4.78, 5) is 41.7. The number of carbonyl (C=O) groups is 1. The first kappa shape index (κ1) is 16.4. The van der Waals surface area contributed by atoms with Crippen molar-refractivity contribution in [2.75, 3.05) is 5.32 Å². The van der Waals surface area contributed by atoms with Crippen LogP contribution in [0.2, 0.25) is 0 Å². The number of thiophene rings is 1. The number of aromatic nitrogens is 2. The zero-order chi connectivity index (χ0) is 18.3. The van der Waals surface area contributed by atoms with Gasteiger partial charge in [-0.15, -0.1) is 11.3 Å². The molecule has 0 atom stereocenters. The number of para-hydroxylation sites is 2. The second-order valence-electron chi connectivity index (χ2n) is 6.04. The van der Waals surface area contributed by atoms with Crippen molar-refractivity contribution in [3.63, 3.8) is 0 Å². The lowest BCUT2D eigenvalue weighted by Crippen LogP contribution is -2.28. The highest BCUT2D eigenvalue weighted by atomic mass is 32.1. The van der Waals surface area contributed by atoms with E-state index in [4.69, 9.17) is 0 Å². The van der Waals surface area contributed by atoms with E-state index in [1.807, 2.05) is 0 Å². The molecule has 2 heterocycles. The molecule has 26 heavy (non-hydrogen) atoms. The number of aryl methyl sites for hydroxylation is 2. The van der Waals surface area contributed by atoms with Crippen LogP contribution in [0.1, 0.15) is 16.9 Å². The van der Waals surface area contributed by atoms with E-state index in [2.05, 4.69) is 10.3 Å². The molecule has 1 aromatic carbocycles. The summed E-state index contributed by atoms with van der Waals surface area (Å²) in [6.45, 7) is -0.252. The highest BCUT2D eigenvalue weighted by molar-refractivity contribution is 7.18. The average molecular weight is 370 g/mol. The smallest absolute Gasteiger partial charge is 0.292 e. The molecule has 0 spiro atoms. The molecule has 3 aromatic rings. The standard InChI is InChI=1S/C17H14N4O4S/c22-14(19-11-5-1-2-6-12(11)21(24)25)8-20-9-18-16-15(17(20)23)10-4-3-7-13(10)26-16/h1-2,5-6,9H,3-4,7-8H2,(H,19,22). The molecule has 0 radical (unpaired) electrons. The van der Waals surface area contributed by atoms with Crippen molar-refractivity contribution in [2.24, 2.45) is 0 Å². The Morgan fingerprint density at radius 2 is 2.15 bits per heavy atom. The van der Waals surface area contributed by atoms with E-state index < -0.39 is 10.8 Å². The van der Waals surface area contributed by atoms with Crippen molar-refractivity contribution >= 4 is 38.8 Å². The normalized spacial score (nSPS) is 12.9. The highest BCUT2D eigenvalue weighted by Gasteiger charge is 2.22. The topological polar surface area (TPSA) is 107 Å². The van der Waals surface area contributed by atoms with Gasteiger partial charge in [0.1, 0.15) is 17.1 Å². The number of carbonyl (C=O) groups excluding carboxylic acids is 1. The van der Waals surface area contributed by atoms with Crippen LogP contribution in [0.4, 0.5) is 11.4 Å². The van der Waals surface area contributed by atoms with Crippen molar-refractivity contribution in [3.8, 4) is 0 Å². The molecule has 0 unspecified atom stereocenters. The van der Waals surface area contributed by atoms with E-state index in [0.29, 0.717) is 10.2 Å². The van der Waals surface area contributed by atoms with E-state index in [9.17, 15) is 19.7 Å². The van der Waals surface area contributed by atoms with Gasteiger partial charge in [0, 0.05) is 10.9 Å². The maximum absolute atomic E-state index is 12.8. The van der Waals surface area contributed by atoms with E-state index in [1.54, 1.807) is 6.07 Å². The second kappa shape index (κ2) is 6.34. The van der Waals surface area contributed by atoms with Gasteiger partial charge in [-0.3, -0.25) is 24.3 Å². The minimum atomic E-state index is -0.565. The number of nitrogens with zero attached hydrogens (tertiary/aromatic N) is 3. The number of anilines is 1. The van der Waals surface area contributed by atoms with Gasteiger partial charge >= 0.3 is 0 Å². The van der Waals surface area contributed by atoms with E-state index >= 15 is 0 Å². The second-order valence-corrected chi connectivity index (χ2v) is 7.12. The van der Waals surface area contributed by atoms with Crippen molar-refractivity contribution in [1.29, 1.82) is 0 Å². The highest BCUT2D eigenvalue weighted by Crippen LogP contribution is 2.34. The maximum atomic E-state index is 12.8. The lowest BCUT2D eigenvalue weighted by Gasteiger charge is -2.08. The Morgan fingerprint density at radius 1 is 1.35 bits per heavy atom. The largest absolute Gasteiger partial charge is 0.319 e. The number of nitro groups is 1. The van der Waals surface area contributed by atoms with Gasteiger partial charge in [0.2, 0.25) is 5.91 Å². The van der Waals surface area contributed by atoms with Gasteiger partial charge in [0.25, 0.3) is 11.2 Å². The molecule has 8 nitrogen and oxygen atoms in total. The lowest BCUT2D eigenvalue weighted by molar-refractivity contribution is -0.383. The summed E-state index contributed by atoms with van der Waals surface area (Å²) in [5.41, 5.74) is 0.710. The van der Waals surface area contributed by atoms with Crippen LogP contribution in [0.5, 0.6) is 0 Å². The van der Waals surface area contributed by atoms with E-state index in [0.717, 1.165) is 24.8 Å².